The van der Waals surface area contributed by atoms with Crippen LogP contribution in [0.2, 0.25) is 0 Å². The molecule has 1 aromatic heterocycles. The lowest BCUT2D eigenvalue weighted by atomic mass is 10.0. The van der Waals surface area contributed by atoms with Crippen molar-refractivity contribution in [3.63, 3.8) is 0 Å². The van der Waals surface area contributed by atoms with Gasteiger partial charge in [-0.15, -0.1) is 0 Å². The fraction of sp³-hybridized carbons (Fsp3) is 0.433. The Bertz CT molecular complexity index is 1670. The zero-order valence-corrected chi connectivity index (χ0v) is 26.5. The van der Waals surface area contributed by atoms with E-state index in [1.165, 1.54) is 18.3 Å². The summed E-state index contributed by atoms with van der Waals surface area (Å²) >= 11 is 0. The molecule has 0 radical (unpaired) electrons. The molecule has 14 nitrogen and oxygen atoms in total. The van der Waals surface area contributed by atoms with Crippen LogP contribution in [-0.4, -0.2) is 85.5 Å². The van der Waals surface area contributed by atoms with E-state index in [1.807, 2.05) is 6.92 Å². The van der Waals surface area contributed by atoms with E-state index in [2.05, 4.69) is 15.8 Å². The molecule has 2 aromatic carbocycles. The van der Waals surface area contributed by atoms with Gasteiger partial charge < -0.3 is 39.4 Å². The fourth-order valence-electron chi connectivity index (χ4n) is 5.34. The van der Waals surface area contributed by atoms with Gasteiger partial charge in [-0.1, -0.05) is 12.1 Å². The van der Waals surface area contributed by atoms with Gasteiger partial charge in [-0.05, 0) is 51.1 Å². The summed E-state index contributed by atoms with van der Waals surface area (Å²) < 4.78 is 50.4. The van der Waals surface area contributed by atoms with Crippen LogP contribution in [0.3, 0.4) is 0 Å². The number of amides is 3. The molecule has 5 rings (SSSR count). The third-order valence-electron chi connectivity index (χ3n) is 7.88. The monoisotopic (exact) mass is 643 g/mol. The fourth-order valence-corrected chi connectivity index (χ4v) is 6.81. The minimum Gasteiger partial charge on any atom is -0.488 e. The highest BCUT2D eigenvalue weighted by Gasteiger charge is 2.35. The molecule has 242 valence electrons. The predicted octanol–water partition coefficient (Wildman–Crippen LogP) is 3.13. The summed E-state index contributed by atoms with van der Waals surface area (Å²) in [5, 5.41) is 19.2. The number of aliphatic hydroxyl groups excluding tert-OH is 1. The first-order valence-corrected chi connectivity index (χ1v) is 15.9. The van der Waals surface area contributed by atoms with Gasteiger partial charge in [0.1, 0.15) is 22.4 Å². The van der Waals surface area contributed by atoms with Crippen molar-refractivity contribution in [3.8, 4) is 17.2 Å². The highest BCUT2D eigenvalue weighted by molar-refractivity contribution is 7.89. The maximum Gasteiger partial charge on any atom is 0.323 e. The van der Waals surface area contributed by atoms with Crippen LogP contribution >= 0.6 is 0 Å². The number of rotatable bonds is 8. The molecule has 45 heavy (non-hydrogen) atoms. The van der Waals surface area contributed by atoms with E-state index in [0.717, 1.165) is 0 Å². The summed E-state index contributed by atoms with van der Waals surface area (Å²) in [5.74, 6) is 1.10. The number of fused-ring (bicyclic) bond motifs is 2. The molecule has 0 bridgehead atoms. The van der Waals surface area contributed by atoms with E-state index in [4.69, 9.17) is 18.7 Å². The molecule has 3 aromatic rings. The number of aryl methyl sites for hydroxylation is 2. The average molecular weight is 644 g/mol. The molecule has 0 saturated carbocycles. The Hall–Kier alpha value is -4.34. The van der Waals surface area contributed by atoms with Gasteiger partial charge in [0.15, 0.2) is 17.3 Å². The lowest BCUT2D eigenvalue weighted by Crippen LogP contribution is -2.48. The maximum absolute atomic E-state index is 13.5. The first-order chi connectivity index (χ1) is 21.4. The summed E-state index contributed by atoms with van der Waals surface area (Å²) in [7, 11) is -2.52. The Morgan fingerprint density at radius 1 is 1.11 bits per heavy atom. The number of nitrogens with one attached hydrogen (secondary N) is 2. The molecular weight excluding hydrogens is 606 g/mol. The normalized spacial score (nSPS) is 18.8. The van der Waals surface area contributed by atoms with Crippen LogP contribution in [0.1, 0.15) is 30.9 Å². The van der Waals surface area contributed by atoms with Crippen molar-refractivity contribution in [2.45, 2.75) is 51.2 Å². The zero-order chi connectivity index (χ0) is 32.5. The molecule has 3 N–H and O–H groups in total. The molecule has 0 unspecified atom stereocenters. The largest absolute Gasteiger partial charge is 0.488 e. The van der Waals surface area contributed by atoms with Crippen molar-refractivity contribution >= 4 is 33.3 Å². The Morgan fingerprint density at radius 3 is 2.44 bits per heavy atom. The molecule has 0 spiro atoms. The number of aliphatic hydroxyl groups is 1. The number of nitrogens with zero attached hydrogens (tertiary/aromatic N) is 3. The third-order valence-corrected chi connectivity index (χ3v) is 9.95. The van der Waals surface area contributed by atoms with Gasteiger partial charge >= 0.3 is 6.03 Å². The predicted molar refractivity (Wildman–Crippen MR) is 163 cm³/mol. The Morgan fingerprint density at radius 2 is 1.78 bits per heavy atom. The topological polar surface area (TPSA) is 173 Å². The molecule has 2 aliphatic heterocycles. The molecule has 3 heterocycles. The lowest BCUT2D eigenvalue weighted by molar-refractivity contribution is -0.134. The Kier molecular flexibility index (Phi) is 9.23. The van der Waals surface area contributed by atoms with Crippen molar-refractivity contribution in [2.75, 3.05) is 44.2 Å². The maximum atomic E-state index is 13.5. The number of benzene rings is 2. The SMILES string of the molecule is Cc1noc(C)c1S(=O)(=O)N(C)C[C@@H]1Oc2ccc(NC(=O)Nc3ccc4c(c3)OCO4)cc2CC(=O)N([C@@H](C)CO)C[C@H]1C. The Balaban J connectivity index is 1.40. The first kappa shape index (κ1) is 32.1. The molecule has 0 saturated heterocycles. The van der Waals surface area contributed by atoms with Gasteiger partial charge in [-0.3, -0.25) is 4.79 Å². The number of carbonyl (C=O) groups excluding carboxylic acids is 2. The average Bonchev–Trinajstić information content (AvgIpc) is 3.61. The third kappa shape index (κ3) is 6.84. The van der Waals surface area contributed by atoms with E-state index >= 15 is 0 Å². The van der Waals surface area contributed by atoms with Gasteiger partial charge in [0.05, 0.1) is 25.6 Å². The lowest BCUT2D eigenvalue weighted by Gasteiger charge is -2.33. The van der Waals surface area contributed by atoms with Crippen molar-refractivity contribution in [1.82, 2.24) is 14.4 Å². The van der Waals surface area contributed by atoms with Crippen LogP contribution < -0.4 is 24.8 Å². The van der Waals surface area contributed by atoms with Gasteiger partial charge in [-0.2, -0.15) is 4.31 Å². The second kappa shape index (κ2) is 12.9. The first-order valence-electron chi connectivity index (χ1n) is 14.4. The van der Waals surface area contributed by atoms with Gasteiger partial charge in [-0.25, -0.2) is 13.2 Å². The number of ether oxygens (including phenoxy) is 3. The summed E-state index contributed by atoms with van der Waals surface area (Å²) in [5.41, 5.74) is 1.65. The zero-order valence-electron chi connectivity index (χ0n) is 25.7. The molecule has 3 amide bonds. The van der Waals surface area contributed by atoms with E-state index in [9.17, 15) is 23.1 Å². The number of likely N-dealkylation sites (N-methyl/N-ethyl adjacent to an activating group) is 1. The molecule has 0 aliphatic carbocycles. The second-order valence-corrected chi connectivity index (χ2v) is 13.3. The van der Waals surface area contributed by atoms with Crippen molar-refractivity contribution in [2.24, 2.45) is 5.92 Å². The molecule has 2 aliphatic rings. The van der Waals surface area contributed by atoms with Crippen LogP contribution in [-0.2, 0) is 21.2 Å². The standard InChI is InChI=1S/C30H37N5O9S/c1-17-13-35(18(2)15-36)28(37)11-21-10-22(31-30(38)32-23-7-9-25-26(12-23)42-16-41-25)6-8-24(21)43-27(17)14-34(5)45(39,40)29-19(3)33-44-20(29)4/h6-10,12,17-18,27,36H,11,13-16H2,1-5H3,(H2,31,32,38)/t17-,18+,27+/m1/s1. The van der Waals surface area contributed by atoms with E-state index < -0.39 is 28.2 Å². The molecule has 15 heteroatoms. The van der Waals surface area contributed by atoms with E-state index in [-0.39, 0.29) is 61.1 Å². The summed E-state index contributed by atoms with van der Waals surface area (Å²) in [4.78, 5) is 27.9. The van der Waals surface area contributed by atoms with Gasteiger partial charge in [0.2, 0.25) is 22.7 Å². The van der Waals surface area contributed by atoms with Crippen LogP contribution in [0.5, 0.6) is 17.2 Å². The highest BCUT2D eigenvalue weighted by atomic mass is 32.2. The number of hydrogen-bond acceptors (Lipinski definition) is 10. The quantitative estimate of drug-likeness (QED) is 0.331. The minimum atomic E-state index is -3.97. The number of sulfonamides is 1. The van der Waals surface area contributed by atoms with Crippen LogP contribution in [0.4, 0.5) is 16.2 Å². The highest BCUT2D eigenvalue weighted by Crippen LogP contribution is 2.35. The Labute approximate surface area is 261 Å². The number of aromatic nitrogens is 1. The number of urea groups is 1. The summed E-state index contributed by atoms with van der Waals surface area (Å²) in [6.07, 6.45) is -0.748. The van der Waals surface area contributed by atoms with Crippen molar-refractivity contribution < 1.29 is 41.8 Å². The van der Waals surface area contributed by atoms with Gasteiger partial charge in [0.25, 0.3) is 0 Å². The van der Waals surface area contributed by atoms with E-state index in [0.29, 0.717) is 34.2 Å². The number of hydrogen-bond donors (Lipinski definition) is 3. The van der Waals surface area contributed by atoms with E-state index in [1.54, 1.807) is 55.1 Å². The molecule has 3 atom stereocenters. The second-order valence-electron chi connectivity index (χ2n) is 11.3. The summed E-state index contributed by atoms with van der Waals surface area (Å²) in [6, 6.07) is 8.96. The number of anilines is 2. The molecule has 0 fully saturated rings. The van der Waals surface area contributed by atoms with Crippen molar-refractivity contribution in [1.29, 1.82) is 0 Å². The molecular formula is C30H37N5O9S. The number of carbonyl (C=O) groups is 2. The van der Waals surface area contributed by atoms with Crippen molar-refractivity contribution in [3.05, 3.63) is 53.4 Å². The minimum absolute atomic E-state index is 0.00145. The smallest absolute Gasteiger partial charge is 0.323 e. The van der Waals surface area contributed by atoms with Crippen LogP contribution in [0.25, 0.3) is 0 Å². The van der Waals surface area contributed by atoms with Crippen LogP contribution in [0, 0.1) is 19.8 Å². The summed E-state index contributed by atoms with van der Waals surface area (Å²) in [6.45, 7) is 6.76. The van der Waals surface area contributed by atoms with Crippen LogP contribution in [0.15, 0.2) is 45.8 Å². The van der Waals surface area contributed by atoms with Gasteiger partial charge in [0, 0.05) is 42.5 Å².